The third kappa shape index (κ3) is 5.00. The summed E-state index contributed by atoms with van der Waals surface area (Å²) >= 11 is 0. The number of nitriles is 1. The number of rotatable bonds is 5. The molecule has 3 heterocycles. The van der Waals surface area contributed by atoms with Crippen molar-refractivity contribution in [1.29, 1.82) is 5.26 Å². The zero-order chi connectivity index (χ0) is 19.2. The van der Waals surface area contributed by atoms with Crippen LogP contribution in [0.2, 0.25) is 0 Å². The number of anilines is 1. The topological polar surface area (TPSA) is 94.8 Å². The number of aromatic nitrogens is 3. The second kappa shape index (κ2) is 8.58. The normalized spacial score (nSPS) is 14.8. The SMILES string of the molecule is CC(C)c1ccc(CC(=O)NC2CCN(c3ccc(C#N)nn3)CC2)nc1. The molecule has 1 aliphatic heterocycles. The zero-order valence-electron chi connectivity index (χ0n) is 15.7. The molecule has 2 aromatic rings. The lowest BCUT2D eigenvalue weighted by Gasteiger charge is -2.32. The molecule has 27 heavy (non-hydrogen) atoms. The molecule has 0 spiro atoms. The lowest BCUT2D eigenvalue weighted by Crippen LogP contribution is -2.45. The van der Waals surface area contributed by atoms with Gasteiger partial charge in [0.2, 0.25) is 5.91 Å². The van der Waals surface area contributed by atoms with Crippen LogP contribution in [-0.2, 0) is 11.2 Å². The summed E-state index contributed by atoms with van der Waals surface area (Å²) in [5, 5.41) is 19.9. The maximum Gasteiger partial charge on any atom is 0.226 e. The second-order valence-electron chi connectivity index (χ2n) is 7.13. The van der Waals surface area contributed by atoms with E-state index in [-0.39, 0.29) is 11.9 Å². The molecule has 2 aromatic heterocycles. The largest absolute Gasteiger partial charge is 0.355 e. The van der Waals surface area contributed by atoms with Crippen LogP contribution in [0.1, 0.15) is 49.6 Å². The van der Waals surface area contributed by atoms with Crippen LogP contribution in [0.4, 0.5) is 5.82 Å². The molecule has 0 atom stereocenters. The highest BCUT2D eigenvalue weighted by molar-refractivity contribution is 5.78. The highest BCUT2D eigenvalue weighted by atomic mass is 16.1. The fourth-order valence-corrected chi connectivity index (χ4v) is 3.13. The Bertz CT molecular complexity index is 802. The van der Waals surface area contributed by atoms with E-state index in [0.717, 1.165) is 37.4 Å². The first-order valence-electron chi connectivity index (χ1n) is 9.28. The Balaban J connectivity index is 1.46. The van der Waals surface area contributed by atoms with Gasteiger partial charge in [-0.3, -0.25) is 9.78 Å². The fourth-order valence-electron chi connectivity index (χ4n) is 3.13. The number of piperidine rings is 1. The third-order valence-electron chi connectivity index (χ3n) is 4.81. The highest BCUT2D eigenvalue weighted by Crippen LogP contribution is 2.17. The third-order valence-corrected chi connectivity index (χ3v) is 4.81. The van der Waals surface area contributed by atoms with Crippen LogP contribution < -0.4 is 10.2 Å². The van der Waals surface area contributed by atoms with Crippen molar-refractivity contribution in [3.63, 3.8) is 0 Å². The van der Waals surface area contributed by atoms with Crippen LogP contribution >= 0.6 is 0 Å². The van der Waals surface area contributed by atoms with E-state index < -0.39 is 0 Å². The number of carbonyl (C=O) groups excluding carboxylic acids is 1. The maximum atomic E-state index is 12.3. The number of pyridine rings is 1. The Morgan fingerprint density at radius 1 is 1.26 bits per heavy atom. The van der Waals surface area contributed by atoms with Gasteiger partial charge in [0.15, 0.2) is 11.5 Å². The molecule has 1 saturated heterocycles. The molecule has 0 unspecified atom stereocenters. The molecular weight excluding hydrogens is 340 g/mol. The van der Waals surface area contributed by atoms with Gasteiger partial charge in [-0.15, -0.1) is 10.2 Å². The molecule has 7 nitrogen and oxygen atoms in total. The van der Waals surface area contributed by atoms with Crippen LogP contribution in [0, 0.1) is 11.3 Å². The highest BCUT2D eigenvalue weighted by Gasteiger charge is 2.22. The maximum absolute atomic E-state index is 12.3. The van der Waals surface area contributed by atoms with Gasteiger partial charge in [0.1, 0.15) is 6.07 Å². The Kier molecular flexibility index (Phi) is 5.97. The first kappa shape index (κ1) is 18.8. The molecule has 7 heteroatoms. The molecular formula is C20H24N6O. The number of hydrogen-bond acceptors (Lipinski definition) is 6. The van der Waals surface area contributed by atoms with Crippen molar-refractivity contribution in [2.24, 2.45) is 0 Å². The van der Waals surface area contributed by atoms with Gasteiger partial charge >= 0.3 is 0 Å². The smallest absolute Gasteiger partial charge is 0.226 e. The summed E-state index contributed by atoms with van der Waals surface area (Å²) < 4.78 is 0. The quantitative estimate of drug-likeness (QED) is 0.874. The first-order chi connectivity index (χ1) is 13.0. The van der Waals surface area contributed by atoms with Gasteiger partial charge in [0.25, 0.3) is 0 Å². The van der Waals surface area contributed by atoms with E-state index in [1.54, 1.807) is 6.07 Å². The molecule has 3 rings (SSSR count). The van der Waals surface area contributed by atoms with E-state index in [2.05, 4.69) is 39.2 Å². The molecule has 0 aromatic carbocycles. The van der Waals surface area contributed by atoms with E-state index in [1.165, 1.54) is 5.56 Å². The van der Waals surface area contributed by atoms with Crippen molar-refractivity contribution in [1.82, 2.24) is 20.5 Å². The summed E-state index contributed by atoms with van der Waals surface area (Å²) in [5.41, 5.74) is 2.29. The summed E-state index contributed by atoms with van der Waals surface area (Å²) in [5.74, 6) is 1.22. The minimum atomic E-state index is 0.0106. The van der Waals surface area contributed by atoms with E-state index >= 15 is 0 Å². The van der Waals surface area contributed by atoms with E-state index in [4.69, 9.17) is 5.26 Å². The lowest BCUT2D eigenvalue weighted by atomic mass is 10.0. The van der Waals surface area contributed by atoms with E-state index in [0.29, 0.717) is 18.0 Å². The van der Waals surface area contributed by atoms with Gasteiger partial charge in [0.05, 0.1) is 6.42 Å². The van der Waals surface area contributed by atoms with E-state index in [9.17, 15) is 4.79 Å². The first-order valence-corrected chi connectivity index (χ1v) is 9.28. The predicted octanol–water partition coefficient (Wildman–Crippen LogP) is 2.19. The number of amides is 1. The fraction of sp³-hybridized carbons (Fsp3) is 0.450. The van der Waals surface area contributed by atoms with Gasteiger partial charge in [-0.05, 0) is 42.5 Å². The van der Waals surface area contributed by atoms with Crippen LogP contribution in [-0.4, -0.2) is 40.2 Å². The molecule has 1 fully saturated rings. The van der Waals surface area contributed by atoms with Crippen molar-refractivity contribution in [2.45, 2.75) is 45.1 Å². The van der Waals surface area contributed by atoms with Crippen molar-refractivity contribution < 1.29 is 4.79 Å². The molecule has 1 aliphatic rings. The van der Waals surface area contributed by atoms with Crippen LogP contribution in [0.15, 0.2) is 30.5 Å². The van der Waals surface area contributed by atoms with Crippen molar-refractivity contribution in [2.75, 3.05) is 18.0 Å². The molecule has 0 radical (unpaired) electrons. The summed E-state index contributed by atoms with van der Waals surface area (Å²) in [7, 11) is 0. The number of hydrogen-bond donors (Lipinski definition) is 1. The minimum absolute atomic E-state index is 0.0106. The molecule has 0 bridgehead atoms. The van der Waals surface area contributed by atoms with Crippen molar-refractivity contribution >= 4 is 11.7 Å². The van der Waals surface area contributed by atoms with Gasteiger partial charge in [-0.1, -0.05) is 19.9 Å². The standard InChI is InChI=1S/C20H24N6O/c1-14(2)15-3-4-17(22-13-15)11-20(27)23-16-7-9-26(10-8-16)19-6-5-18(12-21)24-25-19/h3-6,13-14,16H,7-11H2,1-2H3,(H,23,27). The Labute approximate surface area is 159 Å². The Morgan fingerprint density at radius 3 is 2.59 bits per heavy atom. The Morgan fingerprint density at radius 2 is 2.04 bits per heavy atom. The van der Waals surface area contributed by atoms with Crippen LogP contribution in [0.5, 0.6) is 0 Å². The molecule has 140 valence electrons. The summed E-state index contributed by atoms with van der Waals surface area (Å²) in [6.07, 6.45) is 3.87. The zero-order valence-corrected chi connectivity index (χ0v) is 15.7. The summed E-state index contributed by atoms with van der Waals surface area (Å²) in [4.78, 5) is 18.8. The molecule has 1 N–H and O–H groups in total. The average molecular weight is 364 g/mol. The van der Waals surface area contributed by atoms with E-state index in [1.807, 2.05) is 30.5 Å². The molecule has 1 amide bonds. The van der Waals surface area contributed by atoms with Gasteiger partial charge in [-0.2, -0.15) is 5.26 Å². The van der Waals surface area contributed by atoms with Crippen LogP contribution in [0.25, 0.3) is 0 Å². The summed E-state index contributed by atoms with van der Waals surface area (Å²) in [6, 6.07) is 9.59. The predicted molar refractivity (Wildman–Crippen MR) is 102 cm³/mol. The lowest BCUT2D eigenvalue weighted by molar-refractivity contribution is -0.121. The van der Waals surface area contributed by atoms with Crippen LogP contribution in [0.3, 0.4) is 0 Å². The second-order valence-corrected chi connectivity index (χ2v) is 7.13. The minimum Gasteiger partial charge on any atom is -0.355 e. The number of nitrogens with zero attached hydrogens (tertiary/aromatic N) is 5. The molecule has 0 saturated carbocycles. The van der Waals surface area contributed by atoms with Gasteiger partial charge in [-0.25, -0.2) is 0 Å². The molecule has 0 aliphatic carbocycles. The average Bonchev–Trinajstić information content (AvgIpc) is 2.69. The monoisotopic (exact) mass is 364 g/mol. The Hall–Kier alpha value is -3.01. The summed E-state index contributed by atoms with van der Waals surface area (Å²) in [6.45, 7) is 5.85. The van der Waals surface area contributed by atoms with Gasteiger partial charge < -0.3 is 10.2 Å². The van der Waals surface area contributed by atoms with Crippen molar-refractivity contribution in [3.05, 3.63) is 47.4 Å². The van der Waals surface area contributed by atoms with Crippen molar-refractivity contribution in [3.8, 4) is 6.07 Å². The van der Waals surface area contributed by atoms with Gasteiger partial charge in [0, 0.05) is 31.0 Å². The number of carbonyl (C=O) groups is 1. The number of nitrogens with one attached hydrogen (secondary N) is 1.